The molecule has 1 N–H and O–H groups in total. The molecule has 0 amide bonds. The first-order valence-corrected chi connectivity index (χ1v) is 8.46. The van der Waals surface area contributed by atoms with Crippen LogP contribution in [0.2, 0.25) is 0 Å². The zero-order chi connectivity index (χ0) is 17.8. The van der Waals surface area contributed by atoms with Crippen molar-refractivity contribution in [2.24, 2.45) is 0 Å². The van der Waals surface area contributed by atoms with Crippen LogP contribution in [-0.2, 0) is 0 Å². The molecule has 25 heavy (non-hydrogen) atoms. The van der Waals surface area contributed by atoms with Gasteiger partial charge in [-0.15, -0.1) is 0 Å². The summed E-state index contributed by atoms with van der Waals surface area (Å²) in [5.74, 6) is 0.605. The molecule has 0 saturated carbocycles. The van der Waals surface area contributed by atoms with Crippen LogP contribution in [0.1, 0.15) is 21.7 Å². The zero-order valence-corrected chi connectivity index (χ0v) is 15.4. The molecule has 6 heteroatoms. The molecule has 0 spiro atoms. The minimum Gasteiger partial charge on any atom is -0.423 e. The number of aromatic nitrogens is 2. The van der Waals surface area contributed by atoms with Gasteiger partial charge in [-0.3, -0.25) is 0 Å². The second-order valence-electron chi connectivity index (χ2n) is 5.52. The number of carbonyl (C=O) groups excluding carboxylic acids is 1. The predicted molar refractivity (Wildman–Crippen MR) is 100 cm³/mol. The Labute approximate surface area is 154 Å². The van der Waals surface area contributed by atoms with Crippen LogP contribution in [0.3, 0.4) is 0 Å². The van der Waals surface area contributed by atoms with Gasteiger partial charge in [0.1, 0.15) is 5.75 Å². The lowest BCUT2D eigenvalue weighted by Crippen LogP contribution is -2.08. The van der Waals surface area contributed by atoms with E-state index < -0.39 is 5.97 Å². The van der Waals surface area contributed by atoms with E-state index in [0.29, 0.717) is 17.3 Å². The van der Waals surface area contributed by atoms with Gasteiger partial charge in [0.2, 0.25) is 5.95 Å². The first kappa shape index (κ1) is 17.1. The molecule has 0 saturated heterocycles. The Morgan fingerprint density at radius 3 is 2.32 bits per heavy atom. The number of halogens is 1. The van der Waals surface area contributed by atoms with Gasteiger partial charge in [-0.1, -0.05) is 22.0 Å². The Balaban J connectivity index is 1.68. The van der Waals surface area contributed by atoms with E-state index in [1.807, 2.05) is 38.1 Å². The monoisotopic (exact) mass is 397 g/mol. The number of aryl methyl sites for hydroxylation is 2. The highest BCUT2D eigenvalue weighted by Crippen LogP contribution is 2.20. The number of rotatable bonds is 4. The summed E-state index contributed by atoms with van der Waals surface area (Å²) < 4.78 is 6.21. The summed E-state index contributed by atoms with van der Waals surface area (Å²) in [6.45, 7) is 3.84. The van der Waals surface area contributed by atoms with Gasteiger partial charge < -0.3 is 10.1 Å². The van der Waals surface area contributed by atoms with Gasteiger partial charge in [0.05, 0.1) is 5.56 Å². The van der Waals surface area contributed by atoms with Crippen molar-refractivity contribution in [1.82, 2.24) is 9.97 Å². The fourth-order valence-corrected chi connectivity index (χ4v) is 2.70. The molecule has 0 fully saturated rings. The number of hydrogen-bond acceptors (Lipinski definition) is 5. The number of benzene rings is 2. The van der Waals surface area contributed by atoms with Crippen molar-refractivity contribution in [3.63, 3.8) is 0 Å². The minimum atomic E-state index is -0.403. The van der Waals surface area contributed by atoms with Crippen molar-refractivity contribution in [3.8, 4) is 5.75 Å². The van der Waals surface area contributed by atoms with Gasteiger partial charge in [-0.2, -0.15) is 0 Å². The number of anilines is 2. The molecule has 0 aliphatic heterocycles. The summed E-state index contributed by atoms with van der Waals surface area (Å²) in [6.07, 6.45) is 0. The molecule has 126 valence electrons. The summed E-state index contributed by atoms with van der Waals surface area (Å²) >= 11 is 3.34. The van der Waals surface area contributed by atoms with Crippen LogP contribution in [0, 0.1) is 13.8 Å². The molecule has 1 aromatic heterocycles. The normalized spacial score (nSPS) is 10.4. The smallest absolute Gasteiger partial charge is 0.343 e. The number of nitrogens with zero attached hydrogens (tertiary/aromatic N) is 2. The second-order valence-corrected chi connectivity index (χ2v) is 6.44. The van der Waals surface area contributed by atoms with E-state index in [4.69, 9.17) is 4.74 Å². The fourth-order valence-electron chi connectivity index (χ4n) is 2.30. The summed E-state index contributed by atoms with van der Waals surface area (Å²) in [6, 6.07) is 16.0. The van der Waals surface area contributed by atoms with E-state index in [1.54, 1.807) is 30.3 Å². The fraction of sp³-hybridized carbons (Fsp3) is 0.105. The quantitative estimate of drug-likeness (QED) is 0.504. The maximum absolute atomic E-state index is 12.1. The first-order chi connectivity index (χ1) is 12.0. The molecule has 3 rings (SSSR count). The lowest BCUT2D eigenvalue weighted by atomic mass is 10.2. The molecule has 3 aromatic rings. The number of esters is 1. The highest BCUT2D eigenvalue weighted by molar-refractivity contribution is 9.10. The molecular weight excluding hydrogens is 382 g/mol. The zero-order valence-electron chi connectivity index (χ0n) is 13.8. The Morgan fingerprint density at radius 1 is 1.00 bits per heavy atom. The Bertz CT molecular complexity index is 891. The summed E-state index contributed by atoms with van der Waals surface area (Å²) in [7, 11) is 0. The molecule has 0 aliphatic carbocycles. The Morgan fingerprint density at radius 2 is 1.68 bits per heavy atom. The largest absolute Gasteiger partial charge is 0.423 e. The predicted octanol–water partition coefficient (Wildman–Crippen LogP) is 4.82. The van der Waals surface area contributed by atoms with Crippen molar-refractivity contribution < 1.29 is 9.53 Å². The third-order valence-corrected chi connectivity index (χ3v) is 3.86. The topological polar surface area (TPSA) is 64.1 Å². The highest BCUT2D eigenvalue weighted by Gasteiger charge is 2.09. The van der Waals surface area contributed by atoms with Crippen molar-refractivity contribution >= 4 is 33.5 Å². The van der Waals surface area contributed by atoms with E-state index in [2.05, 4.69) is 31.2 Å². The lowest BCUT2D eigenvalue weighted by Gasteiger charge is -2.08. The van der Waals surface area contributed by atoms with Crippen LogP contribution in [0.25, 0.3) is 0 Å². The summed E-state index contributed by atoms with van der Waals surface area (Å²) in [5, 5.41) is 3.14. The van der Waals surface area contributed by atoms with Crippen LogP contribution in [0.15, 0.2) is 59.1 Å². The summed E-state index contributed by atoms with van der Waals surface area (Å²) in [5.41, 5.74) is 3.09. The molecule has 0 bridgehead atoms. The van der Waals surface area contributed by atoms with Crippen LogP contribution in [0.5, 0.6) is 5.75 Å². The molecule has 0 aliphatic rings. The maximum Gasteiger partial charge on any atom is 0.343 e. The van der Waals surface area contributed by atoms with Gasteiger partial charge in [0.15, 0.2) is 0 Å². The van der Waals surface area contributed by atoms with Crippen molar-refractivity contribution in [2.45, 2.75) is 13.8 Å². The van der Waals surface area contributed by atoms with Crippen molar-refractivity contribution in [1.29, 1.82) is 0 Å². The van der Waals surface area contributed by atoms with Gasteiger partial charge in [0.25, 0.3) is 0 Å². The average Bonchev–Trinajstić information content (AvgIpc) is 2.56. The number of ether oxygens (including phenoxy) is 1. The molecule has 0 unspecified atom stereocenters. The second kappa shape index (κ2) is 7.44. The molecule has 5 nitrogen and oxygen atoms in total. The van der Waals surface area contributed by atoms with E-state index in [-0.39, 0.29) is 0 Å². The Hall–Kier alpha value is -2.73. The van der Waals surface area contributed by atoms with Crippen LogP contribution in [0.4, 0.5) is 11.6 Å². The van der Waals surface area contributed by atoms with Crippen molar-refractivity contribution in [2.75, 3.05) is 5.32 Å². The van der Waals surface area contributed by atoms with Crippen LogP contribution in [-0.4, -0.2) is 15.9 Å². The maximum atomic E-state index is 12.1. The van der Waals surface area contributed by atoms with Gasteiger partial charge in [-0.05, 0) is 62.4 Å². The van der Waals surface area contributed by atoms with Crippen LogP contribution >= 0.6 is 15.9 Å². The molecular formula is C19H16BrN3O2. The third-order valence-electron chi connectivity index (χ3n) is 3.36. The highest BCUT2D eigenvalue weighted by atomic mass is 79.9. The molecule has 0 atom stereocenters. The molecule has 2 aromatic carbocycles. The van der Waals surface area contributed by atoms with Gasteiger partial charge in [-0.25, -0.2) is 14.8 Å². The number of hydrogen-bond donors (Lipinski definition) is 1. The van der Waals surface area contributed by atoms with Crippen molar-refractivity contribution in [3.05, 3.63) is 76.0 Å². The standard InChI is InChI=1S/C19H16BrN3O2/c1-12-10-13(2)22-19(21-12)23-16-6-8-17(9-7-16)25-18(24)14-4-3-5-15(20)11-14/h3-11H,1-2H3,(H,21,22,23). The minimum absolute atomic E-state index is 0.403. The number of carbonyl (C=O) groups is 1. The molecule has 0 radical (unpaired) electrons. The van der Waals surface area contributed by atoms with E-state index in [0.717, 1.165) is 21.5 Å². The van der Waals surface area contributed by atoms with E-state index in [1.165, 1.54) is 0 Å². The molecule has 1 heterocycles. The van der Waals surface area contributed by atoms with Crippen LogP contribution < -0.4 is 10.1 Å². The van der Waals surface area contributed by atoms with Gasteiger partial charge >= 0.3 is 5.97 Å². The average molecular weight is 398 g/mol. The first-order valence-electron chi connectivity index (χ1n) is 7.67. The Kier molecular flexibility index (Phi) is 5.09. The third kappa shape index (κ3) is 4.64. The van der Waals surface area contributed by atoms with E-state index in [9.17, 15) is 4.79 Å². The number of nitrogens with one attached hydrogen (secondary N) is 1. The van der Waals surface area contributed by atoms with E-state index >= 15 is 0 Å². The SMILES string of the molecule is Cc1cc(C)nc(Nc2ccc(OC(=O)c3cccc(Br)c3)cc2)n1. The lowest BCUT2D eigenvalue weighted by molar-refractivity contribution is 0.0734. The van der Waals surface area contributed by atoms with Gasteiger partial charge in [0, 0.05) is 21.5 Å². The summed E-state index contributed by atoms with van der Waals surface area (Å²) in [4.78, 5) is 20.8.